The monoisotopic (exact) mass is 160 g/mol. The largest absolute Gasteiger partial charge is 0.398 e. The highest BCUT2D eigenvalue weighted by Crippen LogP contribution is 2.27. The summed E-state index contributed by atoms with van der Waals surface area (Å²) in [7, 11) is 0. The van der Waals surface area contributed by atoms with Crippen molar-refractivity contribution >= 4 is 17.5 Å². The van der Waals surface area contributed by atoms with Crippen LogP contribution in [0.15, 0.2) is 24.3 Å². The number of nitrogens with one attached hydrogen (secondary N) is 1. The number of anilines is 2. The Labute approximate surface area is 72.1 Å². The Hall–Kier alpha value is -1.44. The molecule has 1 aromatic carbocycles. The Morgan fingerprint density at radius 3 is 3.08 bits per heavy atom. The lowest BCUT2D eigenvalue weighted by atomic mass is 10.0. The van der Waals surface area contributed by atoms with Gasteiger partial charge < -0.3 is 11.1 Å². The molecule has 0 fully saturated rings. The zero-order valence-electron chi connectivity index (χ0n) is 7.04. The quantitative estimate of drug-likeness (QED) is 0.570. The van der Waals surface area contributed by atoms with Crippen LogP contribution in [0.5, 0.6) is 0 Å². The Bertz CT molecular complexity index is 329. The predicted molar refractivity (Wildman–Crippen MR) is 53.0 cm³/mol. The van der Waals surface area contributed by atoms with Crippen LogP contribution in [0.1, 0.15) is 12.5 Å². The topological polar surface area (TPSA) is 38.0 Å². The van der Waals surface area contributed by atoms with Crippen LogP contribution in [0.25, 0.3) is 6.08 Å². The van der Waals surface area contributed by atoms with Crippen LogP contribution in [0.4, 0.5) is 11.4 Å². The average molecular weight is 160 g/mol. The average Bonchev–Trinajstić information content (AvgIpc) is 2.04. The van der Waals surface area contributed by atoms with Crippen molar-refractivity contribution < 1.29 is 0 Å². The molecule has 62 valence electrons. The van der Waals surface area contributed by atoms with Crippen LogP contribution >= 0.6 is 0 Å². The second-order valence-corrected chi connectivity index (χ2v) is 3.10. The molecule has 1 heterocycles. The number of hydrogen-bond donors (Lipinski definition) is 2. The lowest BCUT2D eigenvalue weighted by Crippen LogP contribution is -2.16. The van der Waals surface area contributed by atoms with Gasteiger partial charge in [-0.1, -0.05) is 18.2 Å². The fraction of sp³-hybridized carbons (Fsp3) is 0.200. The number of nitrogens with two attached hydrogens (primary N) is 1. The maximum absolute atomic E-state index is 5.80. The number of benzene rings is 1. The molecule has 12 heavy (non-hydrogen) atoms. The lowest BCUT2D eigenvalue weighted by Gasteiger charge is -2.19. The van der Waals surface area contributed by atoms with Crippen molar-refractivity contribution in [3.63, 3.8) is 0 Å². The van der Waals surface area contributed by atoms with E-state index >= 15 is 0 Å². The van der Waals surface area contributed by atoms with E-state index in [0.717, 1.165) is 16.9 Å². The van der Waals surface area contributed by atoms with Gasteiger partial charge in [0.05, 0.1) is 0 Å². The van der Waals surface area contributed by atoms with E-state index < -0.39 is 0 Å². The molecule has 0 radical (unpaired) electrons. The summed E-state index contributed by atoms with van der Waals surface area (Å²) >= 11 is 0. The lowest BCUT2D eigenvalue weighted by molar-refractivity contribution is 0.993. The van der Waals surface area contributed by atoms with Crippen LogP contribution in [0.3, 0.4) is 0 Å². The van der Waals surface area contributed by atoms with E-state index in [4.69, 9.17) is 5.73 Å². The van der Waals surface area contributed by atoms with E-state index in [9.17, 15) is 0 Å². The van der Waals surface area contributed by atoms with Gasteiger partial charge in [-0.25, -0.2) is 0 Å². The van der Waals surface area contributed by atoms with Gasteiger partial charge in [0.15, 0.2) is 0 Å². The molecule has 3 N–H and O–H groups in total. The Morgan fingerprint density at radius 1 is 1.42 bits per heavy atom. The fourth-order valence-electron chi connectivity index (χ4n) is 1.43. The Morgan fingerprint density at radius 2 is 2.25 bits per heavy atom. The van der Waals surface area contributed by atoms with E-state index in [-0.39, 0.29) is 0 Å². The summed E-state index contributed by atoms with van der Waals surface area (Å²) in [4.78, 5) is 0. The molecule has 1 aliphatic heterocycles. The highest BCUT2D eigenvalue weighted by Gasteiger charge is 2.09. The molecule has 2 rings (SSSR count). The second-order valence-electron chi connectivity index (χ2n) is 3.10. The van der Waals surface area contributed by atoms with E-state index in [2.05, 4.69) is 24.4 Å². The van der Waals surface area contributed by atoms with Gasteiger partial charge in [-0.05, 0) is 19.1 Å². The maximum atomic E-state index is 5.80. The van der Waals surface area contributed by atoms with Crippen molar-refractivity contribution in [2.24, 2.45) is 0 Å². The van der Waals surface area contributed by atoms with Crippen molar-refractivity contribution in [2.45, 2.75) is 13.0 Å². The smallest absolute Gasteiger partial charge is 0.0439 e. The third-order valence-corrected chi connectivity index (χ3v) is 2.07. The first-order chi connectivity index (χ1) is 5.77. The van der Waals surface area contributed by atoms with Crippen LogP contribution in [0, 0.1) is 0 Å². The fourth-order valence-corrected chi connectivity index (χ4v) is 1.43. The molecule has 0 aliphatic carbocycles. The predicted octanol–water partition coefficient (Wildman–Crippen LogP) is 2.10. The summed E-state index contributed by atoms with van der Waals surface area (Å²) in [5, 5.41) is 3.33. The number of hydrogen-bond acceptors (Lipinski definition) is 2. The first kappa shape index (κ1) is 7.22. The van der Waals surface area contributed by atoms with Gasteiger partial charge in [0.25, 0.3) is 0 Å². The molecule has 2 heteroatoms. The van der Waals surface area contributed by atoms with Gasteiger partial charge >= 0.3 is 0 Å². The van der Waals surface area contributed by atoms with Gasteiger partial charge in [-0.2, -0.15) is 0 Å². The van der Waals surface area contributed by atoms with Crippen molar-refractivity contribution in [3.05, 3.63) is 29.8 Å². The summed E-state index contributed by atoms with van der Waals surface area (Å²) in [5.74, 6) is 0. The maximum Gasteiger partial charge on any atom is 0.0439 e. The van der Waals surface area contributed by atoms with Gasteiger partial charge in [0.2, 0.25) is 0 Å². The third kappa shape index (κ3) is 1.05. The summed E-state index contributed by atoms with van der Waals surface area (Å²) in [6.45, 7) is 2.11. The molecular weight excluding hydrogens is 148 g/mol. The third-order valence-electron chi connectivity index (χ3n) is 2.07. The second kappa shape index (κ2) is 2.55. The summed E-state index contributed by atoms with van der Waals surface area (Å²) in [5.41, 5.74) is 8.87. The molecule has 1 atom stereocenters. The molecular formula is C10H12N2. The molecule has 1 aliphatic rings. The summed E-state index contributed by atoms with van der Waals surface area (Å²) in [6, 6.07) is 6.33. The number of fused-ring (bicyclic) bond motifs is 1. The molecule has 1 aromatic rings. The van der Waals surface area contributed by atoms with Gasteiger partial charge in [0, 0.05) is 23.0 Å². The summed E-state index contributed by atoms with van der Waals surface area (Å²) in [6.07, 6.45) is 4.19. The Balaban J connectivity index is 2.53. The first-order valence-electron chi connectivity index (χ1n) is 4.10. The van der Waals surface area contributed by atoms with E-state index in [1.54, 1.807) is 0 Å². The van der Waals surface area contributed by atoms with Crippen LogP contribution in [-0.4, -0.2) is 6.04 Å². The normalized spacial score (nSPS) is 19.9. The van der Waals surface area contributed by atoms with Crippen molar-refractivity contribution in [3.8, 4) is 0 Å². The minimum absolute atomic E-state index is 0.402. The minimum atomic E-state index is 0.402. The van der Waals surface area contributed by atoms with Gasteiger partial charge in [-0.15, -0.1) is 0 Å². The highest BCUT2D eigenvalue weighted by molar-refractivity contribution is 5.79. The molecule has 2 nitrogen and oxygen atoms in total. The van der Waals surface area contributed by atoms with E-state index in [0.29, 0.717) is 6.04 Å². The van der Waals surface area contributed by atoms with E-state index in [1.807, 2.05) is 18.2 Å². The molecule has 0 bridgehead atoms. The number of nitrogen functional groups attached to an aromatic ring is 1. The molecule has 0 aromatic heterocycles. The molecule has 0 amide bonds. The van der Waals surface area contributed by atoms with Crippen LogP contribution in [0.2, 0.25) is 0 Å². The van der Waals surface area contributed by atoms with Gasteiger partial charge in [0.1, 0.15) is 0 Å². The van der Waals surface area contributed by atoms with Crippen LogP contribution < -0.4 is 11.1 Å². The van der Waals surface area contributed by atoms with Crippen LogP contribution in [-0.2, 0) is 0 Å². The number of rotatable bonds is 0. The Kier molecular flexibility index (Phi) is 1.54. The van der Waals surface area contributed by atoms with Crippen molar-refractivity contribution in [2.75, 3.05) is 11.1 Å². The minimum Gasteiger partial charge on any atom is -0.398 e. The molecule has 0 saturated heterocycles. The molecule has 0 spiro atoms. The van der Waals surface area contributed by atoms with Gasteiger partial charge in [-0.3, -0.25) is 0 Å². The first-order valence-corrected chi connectivity index (χ1v) is 4.10. The summed E-state index contributed by atoms with van der Waals surface area (Å²) < 4.78 is 0. The van der Waals surface area contributed by atoms with Crippen molar-refractivity contribution in [1.29, 1.82) is 0 Å². The standard InChI is InChI=1S/C10H12N2/c1-7-5-6-8-9(11)3-2-4-10(8)12-7/h2-7,12H,11H2,1H3. The highest BCUT2D eigenvalue weighted by atomic mass is 14.9. The van der Waals surface area contributed by atoms with E-state index in [1.165, 1.54) is 0 Å². The van der Waals surface area contributed by atoms with Crippen molar-refractivity contribution in [1.82, 2.24) is 0 Å². The molecule has 1 unspecified atom stereocenters. The zero-order chi connectivity index (χ0) is 8.55. The SMILES string of the molecule is CC1C=Cc2c(N)cccc2N1. The zero-order valence-corrected chi connectivity index (χ0v) is 7.04. The molecule has 0 saturated carbocycles.